The van der Waals surface area contributed by atoms with E-state index in [0.717, 1.165) is 16.0 Å². The summed E-state index contributed by atoms with van der Waals surface area (Å²) in [5, 5.41) is 2.27. The zero-order valence-electron chi connectivity index (χ0n) is 7.88. The van der Waals surface area contributed by atoms with Crippen LogP contribution in [0.15, 0.2) is 22.4 Å². The first-order valence-electron chi connectivity index (χ1n) is 4.55. The molecular formula is C11H11BrS2. The van der Waals surface area contributed by atoms with Crippen molar-refractivity contribution in [3.63, 3.8) is 0 Å². The van der Waals surface area contributed by atoms with E-state index in [0.29, 0.717) is 0 Å². The van der Waals surface area contributed by atoms with Crippen LogP contribution in [-0.4, -0.2) is 0 Å². The van der Waals surface area contributed by atoms with Crippen LogP contribution in [0.4, 0.5) is 0 Å². The smallest absolute Gasteiger partial charge is 0.0580 e. The molecule has 0 saturated carbocycles. The summed E-state index contributed by atoms with van der Waals surface area (Å²) in [5.74, 6) is 0. The Morgan fingerprint density at radius 1 is 1.36 bits per heavy atom. The van der Waals surface area contributed by atoms with Gasteiger partial charge in [0, 0.05) is 10.0 Å². The van der Waals surface area contributed by atoms with Gasteiger partial charge in [-0.15, -0.1) is 24.0 Å². The first kappa shape index (κ1) is 10.5. The fourth-order valence-corrected chi connectivity index (χ4v) is 3.54. The lowest BCUT2D eigenvalue weighted by Gasteiger charge is -2.02. The molecule has 0 unspecified atom stereocenters. The second-order valence-corrected chi connectivity index (χ2v) is 5.60. The van der Waals surface area contributed by atoms with E-state index in [4.69, 9.17) is 0 Å². The van der Waals surface area contributed by atoms with Crippen LogP contribution in [0.1, 0.15) is 18.1 Å². The summed E-state index contributed by atoms with van der Waals surface area (Å²) in [6.45, 7) is 2.19. The zero-order valence-corrected chi connectivity index (χ0v) is 11.2. The second kappa shape index (κ2) is 4.25. The van der Waals surface area contributed by atoms with Crippen LogP contribution in [0.2, 0.25) is 0 Å². The van der Waals surface area contributed by atoms with Crippen molar-refractivity contribution in [2.75, 3.05) is 0 Å². The number of rotatable bonds is 2. The molecule has 0 aliphatic rings. The Morgan fingerprint density at radius 2 is 2.07 bits per heavy atom. The molecule has 0 aliphatic carbocycles. The van der Waals surface area contributed by atoms with Crippen molar-refractivity contribution in [1.82, 2.24) is 0 Å². The van der Waals surface area contributed by atoms with Gasteiger partial charge in [0.25, 0.3) is 0 Å². The second-order valence-electron chi connectivity index (χ2n) is 3.20. The molecule has 0 bridgehead atoms. The first-order valence-corrected chi connectivity index (χ1v) is 6.94. The van der Waals surface area contributed by atoms with Crippen molar-refractivity contribution < 1.29 is 0 Å². The van der Waals surface area contributed by atoms with Crippen molar-refractivity contribution >= 4 is 50.0 Å². The van der Waals surface area contributed by atoms with E-state index in [9.17, 15) is 0 Å². The first-order chi connectivity index (χ1) is 6.76. The molecule has 1 aromatic heterocycles. The Bertz CT molecular complexity index is 419. The van der Waals surface area contributed by atoms with Crippen LogP contribution < -0.4 is 0 Å². The Labute approximate surface area is 102 Å². The van der Waals surface area contributed by atoms with Gasteiger partial charge in [-0.25, -0.2) is 0 Å². The molecule has 74 valence electrons. The third-order valence-corrected chi connectivity index (χ3v) is 4.39. The fourth-order valence-electron chi connectivity index (χ4n) is 1.62. The van der Waals surface area contributed by atoms with Gasteiger partial charge in [0.2, 0.25) is 0 Å². The number of fused-ring (bicyclic) bond motifs is 1. The number of benzene rings is 1. The number of halogens is 1. The normalized spacial score (nSPS) is 11.1. The molecule has 0 atom stereocenters. The lowest BCUT2D eigenvalue weighted by atomic mass is 10.1. The number of thiophene rings is 1. The van der Waals surface area contributed by atoms with E-state index in [1.54, 1.807) is 11.3 Å². The van der Waals surface area contributed by atoms with Gasteiger partial charge in [0.1, 0.15) is 0 Å². The average Bonchev–Trinajstić information content (AvgIpc) is 2.57. The third kappa shape index (κ3) is 1.73. The van der Waals surface area contributed by atoms with Gasteiger partial charge in [-0.1, -0.05) is 35.0 Å². The molecule has 0 fully saturated rings. The van der Waals surface area contributed by atoms with Gasteiger partial charge < -0.3 is 0 Å². The van der Waals surface area contributed by atoms with Crippen LogP contribution in [0.25, 0.3) is 10.1 Å². The Morgan fingerprint density at radius 3 is 2.71 bits per heavy atom. The molecule has 0 aliphatic heterocycles. The number of aryl methyl sites for hydroxylation is 1. The van der Waals surface area contributed by atoms with Crippen LogP contribution in [0.3, 0.4) is 0 Å². The number of alkyl halides is 1. The summed E-state index contributed by atoms with van der Waals surface area (Å²) in [5.41, 5.74) is 2.78. The molecule has 1 aromatic carbocycles. The van der Waals surface area contributed by atoms with Crippen LogP contribution in [-0.2, 0) is 11.8 Å². The molecule has 0 spiro atoms. The molecule has 1 heterocycles. The van der Waals surface area contributed by atoms with Gasteiger partial charge in [-0.05, 0) is 29.0 Å². The molecule has 2 rings (SSSR count). The van der Waals surface area contributed by atoms with Gasteiger partial charge >= 0.3 is 0 Å². The predicted octanol–water partition coefficient (Wildman–Crippen LogP) is 4.65. The largest absolute Gasteiger partial charge is 0.133 e. The van der Waals surface area contributed by atoms with Crippen molar-refractivity contribution in [3.8, 4) is 0 Å². The SMILES string of the molecule is CCc1ccc(CBr)c2cc(S)sc12. The van der Waals surface area contributed by atoms with Crippen LogP contribution in [0.5, 0.6) is 0 Å². The Kier molecular flexibility index (Phi) is 3.20. The van der Waals surface area contributed by atoms with Gasteiger partial charge in [0.15, 0.2) is 0 Å². The molecule has 14 heavy (non-hydrogen) atoms. The summed E-state index contributed by atoms with van der Waals surface area (Å²) in [6.07, 6.45) is 1.09. The van der Waals surface area contributed by atoms with E-state index >= 15 is 0 Å². The molecule has 0 nitrogen and oxygen atoms in total. The van der Waals surface area contributed by atoms with Crippen LogP contribution >= 0.6 is 39.9 Å². The van der Waals surface area contributed by atoms with Gasteiger partial charge in [-0.2, -0.15) is 0 Å². The molecule has 0 amide bonds. The summed E-state index contributed by atoms with van der Waals surface area (Å²) >= 11 is 9.71. The summed E-state index contributed by atoms with van der Waals surface area (Å²) < 4.78 is 2.50. The lowest BCUT2D eigenvalue weighted by molar-refractivity contribution is 1.16. The quantitative estimate of drug-likeness (QED) is 0.603. The van der Waals surface area contributed by atoms with Gasteiger partial charge in [-0.3, -0.25) is 0 Å². The molecule has 3 heteroatoms. The van der Waals surface area contributed by atoms with E-state index in [2.05, 4.69) is 53.7 Å². The summed E-state index contributed by atoms with van der Waals surface area (Å²) in [4.78, 5) is 0. The van der Waals surface area contributed by atoms with E-state index in [1.807, 2.05) is 0 Å². The molecule has 0 radical (unpaired) electrons. The fraction of sp³-hybridized carbons (Fsp3) is 0.273. The maximum atomic E-state index is 4.42. The highest BCUT2D eigenvalue weighted by Gasteiger charge is 2.07. The van der Waals surface area contributed by atoms with Crippen molar-refractivity contribution in [2.24, 2.45) is 0 Å². The summed E-state index contributed by atoms with van der Waals surface area (Å²) in [7, 11) is 0. The Balaban J connectivity index is 2.77. The minimum absolute atomic E-state index is 0.914. The van der Waals surface area contributed by atoms with Crippen LogP contribution in [0, 0.1) is 0 Å². The monoisotopic (exact) mass is 286 g/mol. The minimum atomic E-state index is 0.914. The molecule has 0 N–H and O–H groups in total. The average molecular weight is 287 g/mol. The topological polar surface area (TPSA) is 0 Å². The highest BCUT2D eigenvalue weighted by molar-refractivity contribution is 9.08. The molecule has 2 aromatic rings. The number of hydrogen-bond acceptors (Lipinski definition) is 2. The highest BCUT2D eigenvalue weighted by atomic mass is 79.9. The third-order valence-electron chi connectivity index (χ3n) is 2.37. The minimum Gasteiger partial charge on any atom is -0.133 e. The van der Waals surface area contributed by atoms with Crippen molar-refractivity contribution in [2.45, 2.75) is 22.9 Å². The highest BCUT2D eigenvalue weighted by Crippen LogP contribution is 2.34. The van der Waals surface area contributed by atoms with E-state index in [1.165, 1.54) is 21.2 Å². The zero-order chi connectivity index (χ0) is 10.1. The maximum Gasteiger partial charge on any atom is 0.0580 e. The van der Waals surface area contributed by atoms with E-state index < -0.39 is 0 Å². The standard InChI is InChI=1S/C11H11BrS2/c1-2-7-3-4-8(6-12)9-5-10(13)14-11(7)9/h3-5,13H,2,6H2,1H3. The van der Waals surface area contributed by atoms with Crippen molar-refractivity contribution in [1.29, 1.82) is 0 Å². The maximum absolute atomic E-state index is 4.42. The van der Waals surface area contributed by atoms with Gasteiger partial charge in [0.05, 0.1) is 4.21 Å². The summed E-state index contributed by atoms with van der Waals surface area (Å²) in [6, 6.07) is 6.59. The lowest BCUT2D eigenvalue weighted by Crippen LogP contribution is -1.83. The number of hydrogen-bond donors (Lipinski definition) is 1. The Hall–Kier alpha value is 0.01000. The molecular weight excluding hydrogens is 276 g/mol. The van der Waals surface area contributed by atoms with E-state index in [-0.39, 0.29) is 0 Å². The molecule has 0 saturated heterocycles. The predicted molar refractivity (Wildman–Crippen MR) is 71.1 cm³/mol. The van der Waals surface area contributed by atoms with Crippen molar-refractivity contribution in [3.05, 3.63) is 29.3 Å². The number of thiol groups is 1.